The number of aryl methyl sites for hydroxylation is 1. The average molecular weight is 394 g/mol. The highest BCUT2D eigenvalue weighted by molar-refractivity contribution is 8.00. The quantitative estimate of drug-likeness (QED) is 0.768. The highest BCUT2D eigenvalue weighted by Gasteiger charge is 2.43. The minimum atomic E-state index is -0.761. The van der Waals surface area contributed by atoms with E-state index in [4.69, 9.17) is 10.3 Å². The van der Waals surface area contributed by atoms with E-state index < -0.39 is 17.1 Å². The van der Waals surface area contributed by atoms with Crippen LogP contribution >= 0.6 is 11.8 Å². The van der Waals surface area contributed by atoms with Crippen molar-refractivity contribution >= 4 is 35.2 Å². The van der Waals surface area contributed by atoms with Crippen molar-refractivity contribution in [1.29, 1.82) is 10.5 Å². The zero-order valence-corrected chi connectivity index (χ0v) is 15.6. The number of nitrogen functional groups attached to an aromatic ring is 1. The third kappa shape index (κ3) is 2.88. The normalized spacial score (nSPS) is 19.0. The largest absolute Gasteiger partial charge is 0.383 e. The van der Waals surface area contributed by atoms with Crippen LogP contribution in [0.5, 0.6) is 0 Å². The first-order valence-electron chi connectivity index (χ1n) is 8.55. The van der Waals surface area contributed by atoms with E-state index in [9.17, 15) is 20.1 Å². The van der Waals surface area contributed by atoms with E-state index in [2.05, 4.69) is 16.2 Å². The highest BCUT2D eigenvalue weighted by atomic mass is 32.2. The molecule has 1 atom stereocenters. The maximum atomic E-state index is 12.8. The lowest BCUT2D eigenvalue weighted by atomic mass is 10.0. The molecule has 0 bridgehead atoms. The van der Waals surface area contributed by atoms with Crippen molar-refractivity contribution in [1.82, 2.24) is 10.1 Å². The summed E-state index contributed by atoms with van der Waals surface area (Å²) in [6, 6.07) is 5.64. The number of carbonyl (C=O) groups excluding carboxylic acids is 2. The monoisotopic (exact) mass is 394 g/mol. The molecule has 2 fully saturated rings. The van der Waals surface area contributed by atoms with Gasteiger partial charge in [0.1, 0.15) is 28.7 Å². The molecule has 10 heteroatoms. The van der Waals surface area contributed by atoms with Crippen molar-refractivity contribution in [3.8, 4) is 12.1 Å². The van der Waals surface area contributed by atoms with Crippen LogP contribution in [0.4, 0.5) is 11.6 Å². The second-order valence-corrected chi connectivity index (χ2v) is 7.83. The van der Waals surface area contributed by atoms with Gasteiger partial charge in [0.25, 0.3) is 0 Å². The van der Waals surface area contributed by atoms with Gasteiger partial charge in [0.2, 0.25) is 11.8 Å². The molecule has 0 radical (unpaired) electrons. The maximum absolute atomic E-state index is 12.8. The van der Waals surface area contributed by atoms with Gasteiger partial charge in [0.05, 0.1) is 16.4 Å². The minimum absolute atomic E-state index is 0.0339. The smallest absolute Gasteiger partial charge is 0.249 e. The summed E-state index contributed by atoms with van der Waals surface area (Å²) in [6.07, 6.45) is 1.69. The van der Waals surface area contributed by atoms with Gasteiger partial charge < -0.3 is 10.3 Å². The fourth-order valence-electron chi connectivity index (χ4n) is 3.22. The first-order valence-corrected chi connectivity index (χ1v) is 9.42. The van der Waals surface area contributed by atoms with Crippen LogP contribution in [0.3, 0.4) is 0 Å². The van der Waals surface area contributed by atoms with Crippen molar-refractivity contribution in [2.75, 3.05) is 10.6 Å². The Morgan fingerprint density at radius 1 is 1.29 bits per heavy atom. The summed E-state index contributed by atoms with van der Waals surface area (Å²) in [5.74, 6) is -0.101. The van der Waals surface area contributed by atoms with Crippen molar-refractivity contribution < 1.29 is 14.1 Å². The van der Waals surface area contributed by atoms with Gasteiger partial charge in [0.15, 0.2) is 5.82 Å². The molecule has 28 heavy (non-hydrogen) atoms. The molecule has 0 unspecified atom stereocenters. The van der Waals surface area contributed by atoms with Crippen LogP contribution in [0.25, 0.3) is 0 Å². The van der Waals surface area contributed by atoms with E-state index in [1.807, 2.05) is 6.07 Å². The maximum Gasteiger partial charge on any atom is 0.249 e. The first kappa shape index (κ1) is 18.0. The third-order valence-corrected chi connectivity index (χ3v) is 5.82. The second-order valence-electron chi connectivity index (χ2n) is 6.64. The fraction of sp³-hybridized carbons (Fsp3) is 0.333. The van der Waals surface area contributed by atoms with Crippen LogP contribution < -0.4 is 10.6 Å². The molecule has 2 aromatic rings. The predicted molar refractivity (Wildman–Crippen MR) is 98.0 cm³/mol. The molecule has 140 valence electrons. The summed E-state index contributed by atoms with van der Waals surface area (Å²) in [4.78, 5) is 30.3. The van der Waals surface area contributed by atoms with Gasteiger partial charge in [-0.15, -0.1) is 0 Å². The van der Waals surface area contributed by atoms with Crippen LogP contribution in [-0.2, 0) is 9.59 Å². The van der Waals surface area contributed by atoms with Crippen molar-refractivity contribution in [2.24, 2.45) is 0 Å². The molecule has 9 nitrogen and oxygen atoms in total. The Labute approximate surface area is 164 Å². The first-order chi connectivity index (χ1) is 13.4. The lowest BCUT2D eigenvalue weighted by Crippen LogP contribution is -2.31. The average Bonchev–Trinajstić information content (AvgIpc) is 3.35. The molecule has 2 N–H and O–H groups in total. The molecule has 4 rings (SSSR count). The Balaban J connectivity index is 1.68. The van der Waals surface area contributed by atoms with Gasteiger partial charge in [-0.25, -0.2) is 9.88 Å². The Hall–Kier alpha value is -3.37. The zero-order chi connectivity index (χ0) is 20.0. The summed E-state index contributed by atoms with van der Waals surface area (Å²) in [5, 5.41) is 22.3. The van der Waals surface area contributed by atoms with Crippen molar-refractivity contribution in [3.63, 3.8) is 0 Å². The van der Waals surface area contributed by atoms with Crippen molar-refractivity contribution in [3.05, 3.63) is 28.5 Å². The van der Waals surface area contributed by atoms with Gasteiger partial charge in [0, 0.05) is 12.5 Å². The number of carbonyl (C=O) groups is 2. The summed E-state index contributed by atoms with van der Waals surface area (Å²) in [5.41, 5.74) is 7.01. The summed E-state index contributed by atoms with van der Waals surface area (Å²) < 4.78 is 4.95. The standard InChI is InChI=1S/C18H14N6O3S/c1-8-4-13(23-27-8)24-14(25)5-12(18(24)26)28-17-11(7-20)15(9-2-3-9)10(6-19)16(21)22-17/h4,9,12H,2-3,5H2,1H3,(H2,21,22)/t12-/m0/s1. The molecule has 0 aromatic carbocycles. The number of hydrogen-bond acceptors (Lipinski definition) is 9. The third-order valence-electron chi connectivity index (χ3n) is 4.64. The SMILES string of the molecule is Cc1cc(N2C(=O)C[C@H](Sc3nc(N)c(C#N)c(C4CC4)c3C#N)C2=O)no1. The Morgan fingerprint density at radius 3 is 2.57 bits per heavy atom. The van der Waals surface area contributed by atoms with E-state index in [1.165, 1.54) is 6.07 Å². The van der Waals surface area contributed by atoms with Gasteiger partial charge >= 0.3 is 0 Å². The van der Waals surface area contributed by atoms with Gasteiger partial charge in [-0.3, -0.25) is 9.59 Å². The van der Waals surface area contributed by atoms with Gasteiger partial charge in [-0.05, 0) is 31.2 Å². The van der Waals surface area contributed by atoms with Crippen LogP contribution in [0.15, 0.2) is 15.6 Å². The van der Waals surface area contributed by atoms with Crippen LogP contribution in [0.1, 0.15) is 47.6 Å². The molecule has 1 saturated heterocycles. The lowest BCUT2D eigenvalue weighted by Gasteiger charge is -2.14. The highest BCUT2D eigenvalue weighted by Crippen LogP contribution is 2.46. The fourth-order valence-corrected chi connectivity index (χ4v) is 4.35. The second kappa shape index (κ2) is 6.66. The van der Waals surface area contributed by atoms with Crippen LogP contribution in [0, 0.1) is 29.6 Å². The predicted octanol–water partition coefficient (Wildman–Crippen LogP) is 2.01. The number of anilines is 2. The lowest BCUT2D eigenvalue weighted by molar-refractivity contribution is -0.121. The number of amides is 2. The molecule has 1 aliphatic carbocycles. The number of hydrogen-bond donors (Lipinski definition) is 1. The molecule has 2 aliphatic rings. The van der Waals surface area contributed by atoms with E-state index in [0.29, 0.717) is 11.3 Å². The van der Waals surface area contributed by atoms with Gasteiger partial charge in [-0.2, -0.15) is 10.5 Å². The van der Waals surface area contributed by atoms with E-state index >= 15 is 0 Å². The number of nitriles is 2. The van der Waals surface area contributed by atoms with Crippen molar-refractivity contribution in [2.45, 2.75) is 42.4 Å². The van der Waals surface area contributed by atoms with E-state index in [0.717, 1.165) is 29.5 Å². The molecule has 2 aromatic heterocycles. The van der Waals surface area contributed by atoms with E-state index in [1.54, 1.807) is 6.92 Å². The molecule has 2 amide bonds. The molecular weight excluding hydrogens is 380 g/mol. The zero-order valence-electron chi connectivity index (χ0n) is 14.8. The number of nitrogens with zero attached hydrogens (tertiary/aromatic N) is 5. The summed E-state index contributed by atoms with van der Waals surface area (Å²) in [7, 11) is 0. The Morgan fingerprint density at radius 2 is 2.00 bits per heavy atom. The van der Waals surface area contributed by atoms with Crippen LogP contribution in [0.2, 0.25) is 0 Å². The molecule has 1 aliphatic heterocycles. The molecule has 1 saturated carbocycles. The minimum Gasteiger partial charge on any atom is -0.383 e. The summed E-state index contributed by atoms with van der Waals surface area (Å²) >= 11 is 1.02. The molecular formula is C18H14N6O3S. The number of nitrogens with two attached hydrogens (primary N) is 1. The number of thioether (sulfide) groups is 1. The number of aromatic nitrogens is 2. The number of imide groups is 1. The Kier molecular flexibility index (Phi) is 4.28. The van der Waals surface area contributed by atoms with E-state index in [-0.39, 0.29) is 40.1 Å². The molecule has 0 spiro atoms. The Bertz CT molecular complexity index is 1090. The topological polar surface area (TPSA) is 150 Å². The summed E-state index contributed by atoms with van der Waals surface area (Å²) in [6.45, 7) is 1.66. The van der Waals surface area contributed by atoms with Gasteiger partial charge in [-0.1, -0.05) is 16.9 Å². The van der Waals surface area contributed by atoms with Crippen LogP contribution in [-0.4, -0.2) is 27.2 Å². The number of pyridine rings is 1. The molecule has 3 heterocycles. The number of rotatable bonds is 4.